The summed E-state index contributed by atoms with van der Waals surface area (Å²) in [7, 11) is 5.17. The Morgan fingerprint density at radius 2 is 1.55 bits per heavy atom. The number of hydrogen-bond donors (Lipinski definition) is 0. The van der Waals surface area contributed by atoms with Gasteiger partial charge in [0.15, 0.2) is 0 Å². The lowest BCUT2D eigenvalue weighted by Crippen LogP contribution is -2.39. The molecule has 0 saturated heterocycles. The lowest BCUT2D eigenvalue weighted by molar-refractivity contribution is 0.308. The van der Waals surface area contributed by atoms with Crippen molar-refractivity contribution in [3.63, 3.8) is 0 Å². The molecule has 0 radical (unpaired) electrons. The van der Waals surface area contributed by atoms with Crippen molar-refractivity contribution in [3.8, 4) is 0 Å². The Morgan fingerprint density at radius 3 is 2.14 bits per heavy atom. The third kappa shape index (κ3) is 3.54. The minimum Gasteiger partial charge on any atom is -0.299 e. The zero-order valence-electron chi connectivity index (χ0n) is 13.7. The van der Waals surface area contributed by atoms with Gasteiger partial charge >= 0.3 is 5.69 Å². The van der Waals surface area contributed by atoms with Crippen LogP contribution in [-0.4, -0.2) is 21.1 Å². The van der Waals surface area contributed by atoms with E-state index in [9.17, 15) is 9.59 Å². The number of aromatic nitrogens is 2. The maximum Gasteiger partial charge on any atom is 0.330 e. The molecule has 1 aromatic carbocycles. The largest absolute Gasteiger partial charge is 0.330 e. The maximum atomic E-state index is 11.9. The van der Waals surface area contributed by atoms with E-state index in [2.05, 4.69) is 36.1 Å². The number of nitrogens with zero attached hydrogens (tertiary/aromatic N) is 3. The van der Waals surface area contributed by atoms with Crippen LogP contribution in [0.15, 0.2) is 39.9 Å². The molecular formula is C17H23N3O2. The van der Waals surface area contributed by atoms with E-state index in [1.54, 1.807) is 7.05 Å². The fourth-order valence-corrected chi connectivity index (χ4v) is 2.45. The van der Waals surface area contributed by atoms with Crippen molar-refractivity contribution in [2.24, 2.45) is 14.1 Å². The second-order valence-corrected chi connectivity index (χ2v) is 5.72. The molecule has 22 heavy (non-hydrogen) atoms. The molecule has 1 aromatic heterocycles. The highest BCUT2D eigenvalue weighted by Gasteiger charge is 2.09. The Morgan fingerprint density at radius 1 is 0.955 bits per heavy atom. The summed E-state index contributed by atoms with van der Waals surface area (Å²) in [4.78, 5) is 25.8. The molecule has 5 heteroatoms. The summed E-state index contributed by atoms with van der Waals surface area (Å²) in [5.41, 5.74) is 2.71. The SMILES string of the molecule is CCc1ccc(CN(C)Cc2cc(=O)n(C)c(=O)n2C)cc1. The number of hydrogen-bond acceptors (Lipinski definition) is 3. The van der Waals surface area contributed by atoms with Crippen molar-refractivity contribution < 1.29 is 0 Å². The molecule has 0 aliphatic heterocycles. The van der Waals surface area contributed by atoms with E-state index < -0.39 is 0 Å². The minimum absolute atomic E-state index is 0.265. The number of aryl methyl sites for hydroxylation is 1. The van der Waals surface area contributed by atoms with Crippen molar-refractivity contribution in [1.29, 1.82) is 0 Å². The highest BCUT2D eigenvalue weighted by atomic mass is 16.2. The van der Waals surface area contributed by atoms with Gasteiger partial charge in [-0.3, -0.25) is 18.8 Å². The zero-order valence-corrected chi connectivity index (χ0v) is 13.7. The molecule has 0 atom stereocenters. The molecule has 0 spiro atoms. The van der Waals surface area contributed by atoms with E-state index in [0.29, 0.717) is 6.54 Å². The molecule has 118 valence electrons. The van der Waals surface area contributed by atoms with Crippen LogP contribution in [0.1, 0.15) is 23.7 Å². The van der Waals surface area contributed by atoms with E-state index in [4.69, 9.17) is 0 Å². The molecule has 0 unspecified atom stereocenters. The minimum atomic E-state index is -0.289. The van der Waals surface area contributed by atoms with Gasteiger partial charge in [-0.25, -0.2) is 4.79 Å². The Labute approximate surface area is 130 Å². The topological polar surface area (TPSA) is 47.2 Å². The summed E-state index contributed by atoms with van der Waals surface area (Å²) in [6.45, 7) is 3.46. The van der Waals surface area contributed by atoms with Gasteiger partial charge in [0.2, 0.25) is 0 Å². The Bertz CT molecular complexity index is 757. The summed E-state index contributed by atoms with van der Waals surface area (Å²) in [5, 5.41) is 0. The van der Waals surface area contributed by atoms with Crippen molar-refractivity contribution in [3.05, 3.63) is 68.0 Å². The molecule has 5 nitrogen and oxygen atoms in total. The molecule has 2 aromatic rings. The van der Waals surface area contributed by atoms with Gasteiger partial charge in [-0.1, -0.05) is 31.2 Å². The Hall–Kier alpha value is -2.14. The number of rotatable bonds is 5. The average molecular weight is 301 g/mol. The second-order valence-electron chi connectivity index (χ2n) is 5.72. The highest BCUT2D eigenvalue weighted by molar-refractivity contribution is 5.22. The van der Waals surface area contributed by atoms with Crippen LogP contribution in [0.4, 0.5) is 0 Å². The van der Waals surface area contributed by atoms with Crippen LogP contribution >= 0.6 is 0 Å². The first kappa shape index (κ1) is 16.2. The molecule has 0 amide bonds. The smallest absolute Gasteiger partial charge is 0.299 e. The maximum absolute atomic E-state index is 11.9. The van der Waals surface area contributed by atoms with E-state index in [1.165, 1.54) is 28.8 Å². The first-order valence-electron chi connectivity index (χ1n) is 7.44. The van der Waals surface area contributed by atoms with E-state index in [-0.39, 0.29) is 11.2 Å². The molecule has 1 heterocycles. The standard InChI is InChI=1S/C17H23N3O2/c1-5-13-6-8-14(9-7-13)11-18(2)12-15-10-16(21)20(4)17(22)19(15)3/h6-10H,5,11-12H2,1-4H3. The molecule has 0 bridgehead atoms. The molecule has 0 aliphatic rings. The average Bonchev–Trinajstić information content (AvgIpc) is 2.51. The van der Waals surface area contributed by atoms with E-state index >= 15 is 0 Å². The summed E-state index contributed by atoms with van der Waals surface area (Å²) >= 11 is 0. The molecule has 0 aliphatic carbocycles. The Kier molecular flexibility index (Phi) is 4.98. The van der Waals surface area contributed by atoms with Gasteiger partial charge in [0.1, 0.15) is 0 Å². The Balaban J connectivity index is 2.13. The normalized spacial score (nSPS) is 11.1. The number of benzene rings is 1. The fourth-order valence-electron chi connectivity index (χ4n) is 2.45. The van der Waals surface area contributed by atoms with E-state index in [0.717, 1.165) is 23.2 Å². The van der Waals surface area contributed by atoms with Gasteiger partial charge in [0, 0.05) is 38.9 Å². The summed E-state index contributed by atoms with van der Waals surface area (Å²) < 4.78 is 2.64. The molecule has 0 fully saturated rings. The van der Waals surface area contributed by atoms with Crippen molar-refractivity contribution in [1.82, 2.24) is 14.0 Å². The first-order valence-corrected chi connectivity index (χ1v) is 7.44. The second kappa shape index (κ2) is 6.75. The summed E-state index contributed by atoms with van der Waals surface area (Å²) in [6.07, 6.45) is 1.03. The van der Waals surface area contributed by atoms with Crippen LogP contribution in [0, 0.1) is 0 Å². The fraction of sp³-hybridized carbons (Fsp3) is 0.412. The van der Waals surface area contributed by atoms with Crippen LogP contribution in [0.5, 0.6) is 0 Å². The van der Waals surface area contributed by atoms with Crippen molar-refractivity contribution in [2.45, 2.75) is 26.4 Å². The lowest BCUT2D eigenvalue weighted by atomic mass is 10.1. The van der Waals surface area contributed by atoms with Gasteiger partial charge < -0.3 is 0 Å². The van der Waals surface area contributed by atoms with Crippen molar-refractivity contribution in [2.75, 3.05) is 7.05 Å². The predicted molar refractivity (Wildman–Crippen MR) is 87.9 cm³/mol. The van der Waals surface area contributed by atoms with Gasteiger partial charge in [-0.15, -0.1) is 0 Å². The van der Waals surface area contributed by atoms with Crippen LogP contribution in [0.2, 0.25) is 0 Å². The van der Waals surface area contributed by atoms with Gasteiger partial charge in [-0.05, 0) is 24.6 Å². The van der Waals surface area contributed by atoms with E-state index in [1.807, 2.05) is 7.05 Å². The molecule has 0 saturated carbocycles. The summed E-state index contributed by atoms with van der Waals surface area (Å²) in [6, 6.07) is 10.0. The van der Waals surface area contributed by atoms with Gasteiger partial charge in [0.25, 0.3) is 5.56 Å². The third-order valence-electron chi connectivity index (χ3n) is 3.94. The molecule has 2 rings (SSSR count). The van der Waals surface area contributed by atoms with Crippen LogP contribution in [0.25, 0.3) is 0 Å². The van der Waals surface area contributed by atoms with Gasteiger partial charge in [0.05, 0.1) is 0 Å². The first-order chi connectivity index (χ1) is 10.4. The quantitative estimate of drug-likeness (QED) is 0.836. The lowest BCUT2D eigenvalue weighted by Gasteiger charge is -2.19. The molecule has 0 N–H and O–H groups in total. The monoisotopic (exact) mass is 301 g/mol. The van der Waals surface area contributed by atoms with Crippen LogP contribution in [-0.2, 0) is 33.6 Å². The van der Waals surface area contributed by atoms with Crippen LogP contribution in [0.3, 0.4) is 0 Å². The van der Waals surface area contributed by atoms with Crippen molar-refractivity contribution >= 4 is 0 Å². The highest BCUT2D eigenvalue weighted by Crippen LogP contribution is 2.09. The summed E-state index contributed by atoms with van der Waals surface area (Å²) in [5.74, 6) is 0. The molecular weight excluding hydrogens is 278 g/mol. The van der Waals surface area contributed by atoms with Gasteiger partial charge in [-0.2, -0.15) is 0 Å². The third-order valence-corrected chi connectivity index (χ3v) is 3.94. The zero-order chi connectivity index (χ0) is 16.3. The van der Waals surface area contributed by atoms with Crippen LogP contribution < -0.4 is 11.2 Å². The predicted octanol–water partition coefficient (Wildman–Crippen LogP) is 1.28.